The molecule has 1 saturated heterocycles. The van der Waals surface area contributed by atoms with E-state index >= 15 is 0 Å². The van der Waals surface area contributed by atoms with Gasteiger partial charge in [-0.3, -0.25) is 19.6 Å². The molecule has 0 aliphatic carbocycles. The van der Waals surface area contributed by atoms with Crippen molar-refractivity contribution >= 4 is 57.6 Å². The Morgan fingerprint density at radius 3 is 2.52 bits per heavy atom. The molecule has 2 atom stereocenters. The number of ether oxygens (including phenoxy) is 1. The van der Waals surface area contributed by atoms with Crippen LogP contribution in [0.1, 0.15) is 29.5 Å². The first-order chi connectivity index (χ1) is 24.1. The number of aromatic nitrogens is 2. The number of rotatable bonds is 14. The van der Waals surface area contributed by atoms with Gasteiger partial charge in [0.05, 0.1) is 37.0 Å². The van der Waals surface area contributed by atoms with Gasteiger partial charge in [0, 0.05) is 64.2 Å². The molecule has 260 valence electrons. The maximum absolute atomic E-state index is 11.5. The summed E-state index contributed by atoms with van der Waals surface area (Å²) >= 11 is 20.5. The van der Waals surface area contributed by atoms with Crippen LogP contribution in [0, 0.1) is 0 Å². The normalized spacial score (nSPS) is 15.0. The zero-order chi connectivity index (χ0) is 35.4. The monoisotopic (exact) mass is 735 g/mol. The molecule has 0 saturated carbocycles. The average molecular weight is 737 g/mol. The Morgan fingerprint density at radius 1 is 1.04 bits per heavy atom. The van der Waals surface area contributed by atoms with E-state index in [-0.39, 0.29) is 18.5 Å². The Hall–Kier alpha value is -4.16. The van der Waals surface area contributed by atoms with E-state index in [2.05, 4.69) is 45.3 Å². The topological polar surface area (TPSA) is 138 Å². The van der Waals surface area contributed by atoms with Gasteiger partial charge in [0.2, 0.25) is 5.91 Å². The van der Waals surface area contributed by atoms with Crippen LogP contribution in [-0.2, 0) is 29.2 Å². The van der Waals surface area contributed by atoms with Crippen molar-refractivity contribution in [3.8, 4) is 28.0 Å². The van der Waals surface area contributed by atoms with Gasteiger partial charge in [0.15, 0.2) is 0 Å². The van der Waals surface area contributed by atoms with Crippen molar-refractivity contribution in [1.29, 1.82) is 0 Å². The van der Waals surface area contributed by atoms with Gasteiger partial charge in [-0.25, -0.2) is 0 Å². The maximum Gasteiger partial charge on any atom is 0.323 e. The van der Waals surface area contributed by atoms with Gasteiger partial charge < -0.3 is 25.6 Å². The third kappa shape index (κ3) is 7.91. The molecule has 2 unspecified atom stereocenters. The number of hydrogen-bond donors (Lipinski definition) is 5. The number of carboxylic acids is 1. The number of hydrogen-bond acceptors (Lipinski definition) is 7. The Labute approximate surface area is 304 Å². The van der Waals surface area contributed by atoms with E-state index in [0.717, 1.165) is 57.2 Å². The van der Waals surface area contributed by atoms with Gasteiger partial charge in [-0.2, -0.15) is 5.10 Å². The van der Waals surface area contributed by atoms with Crippen molar-refractivity contribution in [3.05, 3.63) is 105 Å². The third-order valence-electron chi connectivity index (χ3n) is 8.88. The molecule has 13 heteroatoms. The second-order valence-corrected chi connectivity index (χ2v) is 13.4. The van der Waals surface area contributed by atoms with Crippen LogP contribution in [0.2, 0.25) is 15.1 Å². The fourth-order valence-electron chi connectivity index (χ4n) is 6.19. The van der Waals surface area contributed by atoms with Crippen molar-refractivity contribution in [2.24, 2.45) is 0 Å². The third-order valence-corrected chi connectivity index (χ3v) is 9.85. The highest BCUT2D eigenvalue weighted by Crippen LogP contribution is 2.41. The Balaban J connectivity index is 1.23. The number of carboxylic acid groups (broad SMARTS) is 1. The number of benzene rings is 4. The Morgan fingerprint density at radius 2 is 1.82 bits per heavy atom. The first kappa shape index (κ1) is 35.7. The van der Waals surface area contributed by atoms with Gasteiger partial charge >= 0.3 is 5.97 Å². The van der Waals surface area contributed by atoms with Crippen LogP contribution in [0.4, 0.5) is 0 Å². The van der Waals surface area contributed by atoms with E-state index in [4.69, 9.17) is 39.5 Å². The minimum atomic E-state index is -1.16. The van der Waals surface area contributed by atoms with Crippen LogP contribution in [0.3, 0.4) is 0 Å². The first-order valence-corrected chi connectivity index (χ1v) is 17.2. The summed E-state index contributed by atoms with van der Waals surface area (Å²) in [6.45, 7) is 1.33. The smallest absolute Gasteiger partial charge is 0.323 e. The number of fused-ring (bicyclic) bond motifs is 1. The molecule has 1 amide bonds. The van der Waals surface area contributed by atoms with E-state index in [1.165, 1.54) is 7.11 Å². The molecular formula is C37H36Cl3N5O5. The lowest BCUT2D eigenvalue weighted by Gasteiger charge is -2.16. The molecule has 5 aromatic rings. The van der Waals surface area contributed by atoms with Crippen LogP contribution in [0.15, 0.2) is 72.9 Å². The summed E-state index contributed by atoms with van der Waals surface area (Å²) in [7, 11) is 1.52. The summed E-state index contributed by atoms with van der Waals surface area (Å²) in [6.07, 6.45) is 3.24. The second-order valence-electron chi connectivity index (χ2n) is 12.2. The summed E-state index contributed by atoms with van der Waals surface area (Å²) in [5.74, 6) is -0.524. The molecule has 1 aliphatic heterocycles. The minimum absolute atomic E-state index is 0.116. The maximum atomic E-state index is 11.5. The quantitative estimate of drug-likeness (QED) is 0.0898. The van der Waals surface area contributed by atoms with Gasteiger partial charge in [0.1, 0.15) is 11.8 Å². The largest absolute Gasteiger partial charge is 0.496 e. The van der Waals surface area contributed by atoms with Crippen LogP contribution in [0.5, 0.6) is 5.75 Å². The highest BCUT2D eigenvalue weighted by atomic mass is 35.5. The summed E-state index contributed by atoms with van der Waals surface area (Å²) < 4.78 is 7.39. The number of halogens is 3. The first-order valence-electron chi connectivity index (χ1n) is 16.1. The van der Waals surface area contributed by atoms with Crippen molar-refractivity contribution in [2.75, 3.05) is 20.3 Å². The number of methoxy groups -OCH3 is 1. The predicted octanol–water partition coefficient (Wildman–Crippen LogP) is 6.29. The fourth-order valence-corrected chi connectivity index (χ4v) is 6.98. The standard InChI is InChI=1S/C37H36Cl3N5O5/c1-50-34-12-24(31(39)11-23(34)16-42-32(20-46)37(48)49)19-45-33-14-25(38)13-29(30(33)18-43-45)28-4-2-3-27(36(28)40)22-7-5-21(6-8-22)15-41-17-26-9-10-35(47)44-26/h2-8,11-14,18,26,32,41-42,46H,9-10,15-17,19-20H2,1H3,(H,44,47)(H,48,49). The molecule has 5 N–H and O–H groups in total. The number of nitrogens with one attached hydrogen (secondary N) is 3. The number of aliphatic hydroxyl groups is 1. The van der Waals surface area contributed by atoms with E-state index in [1.54, 1.807) is 23.0 Å². The molecule has 0 bridgehead atoms. The van der Waals surface area contributed by atoms with E-state index in [1.807, 2.05) is 30.3 Å². The van der Waals surface area contributed by atoms with E-state index in [9.17, 15) is 19.8 Å². The number of aliphatic carboxylic acids is 1. The molecule has 10 nitrogen and oxygen atoms in total. The van der Waals surface area contributed by atoms with Crippen molar-refractivity contribution in [2.45, 2.75) is 44.6 Å². The molecule has 0 radical (unpaired) electrons. The number of aliphatic hydroxyl groups excluding tert-OH is 1. The lowest BCUT2D eigenvalue weighted by molar-refractivity contribution is -0.140. The van der Waals surface area contributed by atoms with Crippen LogP contribution >= 0.6 is 34.8 Å². The number of nitrogens with zero attached hydrogens (tertiary/aromatic N) is 2. The van der Waals surface area contributed by atoms with Gasteiger partial charge in [0.25, 0.3) is 0 Å². The van der Waals surface area contributed by atoms with Gasteiger partial charge in [-0.1, -0.05) is 77.3 Å². The number of amides is 1. The van der Waals surface area contributed by atoms with Crippen LogP contribution in [0.25, 0.3) is 33.2 Å². The number of carbonyl (C=O) groups is 2. The summed E-state index contributed by atoms with van der Waals surface area (Å²) in [6, 6.07) is 20.5. The zero-order valence-corrected chi connectivity index (χ0v) is 29.4. The Bertz CT molecular complexity index is 2030. The zero-order valence-electron chi connectivity index (χ0n) is 27.2. The molecular weight excluding hydrogens is 701 g/mol. The molecule has 1 aromatic heterocycles. The molecule has 4 aromatic carbocycles. The summed E-state index contributed by atoms with van der Waals surface area (Å²) in [5.41, 5.74) is 6.83. The lowest BCUT2D eigenvalue weighted by Crippen LogP contribution is -2.39. The Kier molecular flexibility index (Phi) is 11.3. The van der Waals surface area contributed by atoms with Crippen molar-refractivity contribution < 1.29 is 24.5 Å². The number of carbonyl (C=O) groups excluding carboxylic acids is 1. The fraction of sp³-hybridized carbons (Fsp3) is 0.270. The average Bonchev–Trinajstić information content (AvgIpc) is 3.71. The van der Waals surface area contributed by atoms with E-state index < -0.39 is 18.6 Å². The molecule has 2 heterocycles. The molecule has 50 heavy (non-hydrogen) atoms. The SMILES string of the molecule is COc1cc(Cn2ncc3c(-c4cccc(-c5ccc(CNCC6CCC(=O)N6)cc5)c4Cl)cc(Cl)cc32)c(Cl)cc1CNC(CO)C(=O)O. The molecule has 6 rings (SSSR count). The molecule has 1 aliphatic rings. The van der Waals surface area contributed by atoms with Crippen molar-refractivity contribution in [3.63, 3.8) is 0 Å². The summed E-state index contributed by atoms with van der Waals surface area (Å²) in [4.78, 5) is 22.8. The minimum Gasteiger partial charge on any atom is -0.496 e. The molecule has 0 spiro atoms. The van der Waals surface area contributed by atoms with Crippen LogP contribution in [-0.4, -0.2) is 64.2 Å². The van der Waals surface area contributed by atoms with Gasteiger partial charge in [-0.15, -0.1) is 0 Å². The van der Waals surface area contributed by atoms with Gasteiger partial charge in [-0.05, 0) is 52.9 Å². The highest BCUT2D eigenvalue weighted by molar-refractivity contribution is 6.37. The van der Waals surface area contributed by atoms with E-state index in [0.29, 0.717) is 45.9 Å². The van der Waals surface area contributed by atoms with Crippen LogP contribution < -0.4 is 20.7 Å². The predicted molar refractivity (Wildman–Crippen MR) is 196 cm³/mol. The molecule has 1 fully saturated rings. The highest BCUT2D eigenvalue weighted by Gasteiger charge is 2.21. The second kappa shape index (κ2) is 15.8. The lowest BCUT2D eigenvalue weighted by atomic mass is 9.96. The summed E-state index contributed by atoms with van der Waals surface area (Å²) in [5, 5.41) is 34.9. The van der Waals surface area contributed by atoms with Crippen molar-refractivity contribution in [1.82, 2.24) is 25.7 Å².